The van der Waals surface area contributed by atoms with Crippen molar-refractivity contribution >= 4 is 38.3 Å². The minimum absolute atomic E-state index is 0. The number of fused-ring (bicyclic) bond motifs is 5. The minimum Gasteiger partial charge on any atom is -0.504 e. The standard InChI is InChI=1S/C20H24N2O2.C18H25NO.2C17H19NO3.BrH.H2O4S.H2O/c1-3-13-12-22-9-7-14(13)10-19(22)20(23)16-6-8-21-18-5-4-15(24-2)11-17(16)18;1-19-10-9-18-8-4-3-5-15(18)17(19)11-13-6-7-14(20-2)12-16(13)18;2*1-18-7-6-17-10-3-5-13(20)16(17)21-15-12(19)4-2-9(14(15)17)8-11(10)18;;1-5(2,3)4;/h3-6,8,11,13-14,19-20,23H,1,7,9-10,12H2,2H3;6-7,12,15,17H,3-5,8-11H2,1-2H3;2*2-5,10-11,13,16,19-20H,6-8H2,1H3;1H;(H2,1,2,3,4);1H2/t13-,14-,19+,20-;15-,17+,18+;2*10-,11+,13-,16-,17-;;;/m0100.../s1. The van der Waals surface area contributed by atoms with Crippen LogP contribution in [0.1, 0.15) is 103 Å². The van der Waals surface area contributed by atoms with Crippen molar-refractivity contribution in [2.75, 3.05) is 68.1 Å². The molecule has 18 atom stereocenters. The van der Waals surface area contributed by atoms with Crippen LogP contribution in [0.15, 0.2) is 110 Å². The van der Waals surface area contributed by atoms with Gasteiger partial charge in [0.2, 0.25) is 0 Å². The number of aliphatic hydroxyl groups is 3. The SMILES string of the molecule is Br.C=C[C@H]1CN2CC[C@H]1C[C@@H]2[C@@H](O)c1ccnc2ccc(OC)cc12.CN1CC[C@]23c4c5ccc(O)c4O[C@H]2[C@@H](O)C=C[C@H]3[C@H]1C5.CN1CC[C@]23c4c5ccc(O)c4O[C@H]2[C@@H](O)C=C[C@H]3[C@H]1C5.COc1ccc2c(c1)[C@]13CCCC[C@@H]1[C@H](C2)N(C)CC3.O.O=S(=O)(O)O. The molecule has 0 radical (unpaired) electrons. The van der Waals surface area contributed by atoms with Crippen molar-refractivity contribution in [2.24, 2.45) is 29.6 Å². The lowest BCUT2D eigenvalue weighted by molar-refractivity contribution is -0.0453. The number of halogens is 1. The second-order valence-electron chi connectivity index (χ2n) is 28.3. The zero-order chi connectivity index (χ0) is 63.6. The molecule has 1 aromatic heterocycles. The number of methoxy groups -OCH3 is 2. The van der Waals surface area contributed by atoms with Crippen molar-refractivity contribution in [3.8, 4) is 34.5 Å². The fraction of sp³-hybridized carbons (Fsp3) is 0.542. The molecule has 8 aliphatic heterocycles. The molecule has 5 aromatic rings. The van der Waals surface area contributed by atoms with Crippen LogP contribution in [0.2, 0.25) is 0 Å². The van der Waals surface area contributed by atoms with Crippen molar-refractivity contribution in [3.05, 3.63) is 149 Å². The van der Waals surface area contributed by atoms with E-state index in [1.807, 2.05) is 48.6 Å². The maximum absolute atomic E-state index is 11.2. The number of aromatic nitrogens is 1. The summed E-state index contributed by atoms with van der Waals surface area (Å²) in [6.07, 6.45) is 24.2. The van der Waals surface area contributed by atoms with Crippen LogP contribution in [-0.2, 0) is 45.9 Å². The number of ether oxygens (including phenoxy) is 4. The predicted octanol–water partition coefficient (Wildman–Crippen LogP) is 8.05. The summed E-state index contributed by atoms with van der Waals surface area (Å²) in [7, 11) is 5.49. The van der Waals surface area contributed by atoms with Crippen LogP contribution in [-0.4, -0.2) is 190 Å². The number of likely N-dealkylation sites (N-methyl/N-ethyl adjacent to an activating group) is 3. The van der Waals surface area contributed by atoms with Crippen molar-refractivity contribution in [3.63, 3.8) is 0 Å². The van der Waals surface area contributed by atoms with Crippen molar-refractivity contribution < 1.29 is 67.5 Å². The fourth-order valence-electron chi connectivity index (χ4n) is 20.2. The first-order chi connectivity index (χ1) is 43.7. The van der Waals surface area contributed by atoms with Gasteiger partial charge in [0.15, 0.2) is 23.0 Å². The van der Waals surface area contributed by atoms with Gasteiger partial charge < -0.3 is 64.7 Å². The topological polar surface area (TPSA) is 270 Å². The minimum atomic E-state index is -4.67. The number of hydrogen-bond donors (Lipinski definition) is 7. The highest BCUT2D eigenvalue weighted by Crippen LogP contribution is 2.64. The highest BCUT2D eigenvalue weighted by molar-refractivity contribution is 8.93. The monoisotopic (exact) mass is 1360 g/mol. The molecule has 93 heavy (non-hydrogen) atoms. The molecule has 1 saturated carbocycles. The van der Waals surface area contributed by atoms with Gasteiger partial charge in [-0.3, -0.25) is 19.0 Å². The number of aliphatic hydroxyl groups excluding tert-OH is 3. The molecule has 14 aliphatic rings. The largest absolute Gasteiger partial charge is 0.504 e. The van der Waals surface area contributed by atoms with Crippen LogP contribution in [0.3, 0.4) is 0 Å². The number of piperidine rings is 6. The zero-order valence-corrected chi connectivity index (χ0v) is 56.3. The number of phenols is 2. The predicted molar refractivity (Wildman–Crippen MR) is 360 cm³/mol. The second kappa shape index (κ2) is 25.7. The molecule has 19 rings (SSSR count). The molecule has 2 spiro atoms. The Bertz CT molecular complexity index is 3700. The molecule has 8 bridgehead atoms. The van der Waals surface area contributed by atoms with E-state index in [-0.39, 0.29) is 63.0 Å². The Balaban J connectivity index is 0.000000116. The average molecular weight is 1360 g/mol. The van der Waals surface area contributed by atoms with E-state index < -0.39 is 28.7 Å². The Kier molecular flexibility index (Phi) is 18.6. The molecule has 9 heterocycles. The molecular weight excluding hydrogens is 1270 g/mol. The summed E-state index contributed by atoms with van der Waals surface area (Å²) >= 11 is 0. The van der Waals surface area contributed by atoms with Gasteiger partial charge in [-0.1, -0.05) is 61.4 Å². The van der Waals surface area contributed by atoms with Gasteiger partial charge in [-0.2, -0.15) is 8.42 Å². The number of nitrogens with zero attached hydrogens (tertiary/aromatic N) is 5. The quantitative estimate of drug-likeness (QED) is 0.0648. The summed E-state index contributed by atoms with van der Waals surface area (Å²) in [6, 6.07) is 24.0. The molecule has 0 amide bonds. The third-order valence-corrected chi connectivity index (χ3v) is 24.4. The number of likely N-dealkylation sites (tertiary alicyclic amines) is 3. The molecule has 19 nitrogen and oxygen atoms in total. The fourth-order valence-corrected chi connectivity index (χ4v) is 20.2. The van der Waals surface area contributed by atoms with E-state index in [1.165, 1.54) is 73.7 Å². The first-order valence-corrected chi connectivity index (χ1v) is 34.3. The third-order valence-electron chi connectivity index (χ3n) is 24.4. The smallest absolute Gasteiger partial charge is 0.394 e. The third kappa shape index (κ3) is 11.1. The van der Waals surface area contributed by atoms with Gasteiger partial charge >= 0.3 is 10.4 Å². The van der Waals surface area contributed by atoms with E-state index in [1.54, 1.807) is 43.7 Å². The first kappa shape index (κ1) is 67.3. The Morgan fingerprint density at radius 3 is 1.78 bits per heavy atom. The second-order valence-corrected chi connectivity index (χ2v) is 29.2. The van der Waals surface area contributed by atoms with E-state index in [9.17, 15) is 25.5 Å². The molecule has 21 heteroatoms. The highest BCUT2D eigenvalue weighted by atomic mass is 79.9. The van der Waals surface area contributed by atoms with Gasteiger partial charge in [-0.25, -0.2) is 0 Å². The summed E-state index contributed by atoms with van der Waals surface area (Å²) in [6.45, 7) is 9.35. The Labute approximate surface area is 556 Å². The molecule has 9 N–H and O–H groups in total. The van der Waals surface area contributed by atoms with E-state index in [2.05, 4.69) is 88.7 Å². The molecule has 1 unspecified atom stereocenters. The Morgan fingerprint density at radius 2 is 1.23 bits per heavy atom. The molecular formula is C72H92BrN5O14S. The molecule has 502 valence electrons. The lowest BCUT2D eigenvalue weighted by Gasteiger charge is -2.58. The van der Waals surface area contributed by atoms with E-state index in [0.29, 0.717) is 52.7 Å². The van der Waals surface area contributed by atoms with Crippen molar-refractivity contribution in [1.29, 1.82) is 0 Å². The number of phenolic OH excluding ortho intramolecular Hbond substituents is 2. The summed E-state index contributed by atoms with van der Waals surface area (Å²) in [5.41, 5.74) is 10.1. The van der Waals surface area contributed by atoms with Gasteiger partial charge in [0, 0.05) is 81.5 Å². The Morgan fingerprint density at radius 1 is 0.688 bits per heavy atom. The summed E-state index contributed by atoms with van der Waals surface area (Å²) in [4.78, 5) is 14.4. The van der Waals surface area contributed by atoms with E-state index in [4.69, 9.17) is 36.5 Å². The van der Waals surface area contributed by atoms with E-state index >= 15 is 0 Å². The number of aromatic hydroxyl groups is 2. The summed E-state index contributed by atoms with van der Waals surface area (Å²) in [5.74, 6) is 6.30. The van der Waals surface area contributed by atoms with Gasteiger partial charge in [0.05, 0.1) is 25.8 Å². The Hall–Kier alpha value is -5.66. The highest BCUT2D eigenvalue weighted by Gasteiger charge is 2.66. The van der Waals surface area contributed by atoms with Gasteiger partial charge in [0.1, 0.15) is 35.9 Å². The van der Waals surface area contributed by atoms with Crippen LogP contribution >= 0.6 is 17.0 Å². The maximum Gasteiger partial charge on any atom is 0.394 e. The van der Waals surface area contributed by atoms with Gasteiger partial charge in [-0.15, -0.1) is 23.6 Å². The summed E-state index contributed by atoms with van der Waals surface area (Å²) < 4.78 is 54.6. The normalized spacial score (nSPS) is 35.4. The van der Waals surface area contributed by atoms with Gasteiger partial charge in [0.25, 0.3) is 0 Å². The van der Waals surface area contributed by atoms with Crippen LogP contribution in [0.4, 0.5) is 0 Å². The number of rotatable bonds is 5. The van der Waals surface area contributed by atoms with Crippen molar-refractivity contribution in [2.45, 2.75) is 148 Å². The lowest BCUT2D eigenvalue weighted by atomic mass is 9.52. The number of pyridine rings is 1. The van der Waals surface area contributed by atoms with Crippen LogP contribution in [0.5, 0.6) is 34.5 Å². The molecule has 6 saturated heterocycles. The van der Waals surface area contributed by atoms with Crippen LogP contribution in [0, 0.1) is 29.6 Å². The van der Waals surface area contributed by atoms with Crippen molar-refractivity contribution in [1.82, 2.24) is 24.6 Å². The van der Waals surface area contributed by atoms with E-state index in [0.717, 1.165) is 98.2 Å². The van der Waals surface area contributed by atoms with Crippen LogP contribution in [0.25, 0.3) is 10.9 Å². The number of hydrogen-bond acceptors (Lipinski definition) is 16. The molecule has 6 aliphatic carbocycles. The number of benzene rings is 4. The zero-order valence-electron chi connectivity index (χ0n) is 53.8. The lowest BCUT2D eigenvalue weighted by Crippen LogP contribution is -2.64. The average Bonchev–Trinajstić information content (AvgIpc) is 1.60. The molecule has 7 fully saturated rings. The van der Waals surface area contributed by atoms with Crippen LogP contribution < -0.4 is 18.9 Å². The summed E-state index contributed by atoms with van der Waals surface area (Å²) in [5, 5.41) is 53.4. The first-order valence-electron chi connectivity index (χ1n) is 32.9. The molecule has 4 aromatic carbocycles. The maximum atomic E-state index is 11.2. The van der Waals surface area contributed by atoms with Gasteiger partial charge in [-0.05, 0) is 206 Å².